The minimum atomic E-state index is -7.95. The number of alkyl halides is 13. The molecule has 188 valence electrons. The monoisotopic (exact) mass is 512 g/mol. The molecule has 0 saturated carbocycles. The summed E-state index contributed by atoms with van der Waals surface area (Å²) in [5.41, 5.74) is 0. The van der Waals surface area contributed by atoms with E-state index in [1.54, 1.807) is 21.1 Å². The van der Waals surface area contributed by atoms with Gasteiger partial charge in [-0.3, -0.25) is 4.21 Å². The maximum Gasteiger partial charge on any atom is 0.460 e. The Morgan fingerprint density at radius 3 is 1.48 bits per heavy atom. The molecule has 0 aliphatic carbocycles. The van der Waals surface area contributed by atoms with Gasteiger partial charge in [-0.05, 0) is 0 Å². The molecule has 2 atom stereocenters. The maximum atomic E-state index is 13.6. The van der Waals surface area contributed by atoms with Gasteiger partial charge in [-0.2, -0.15) is 57.1 Å². The number of hydrogen-bond acceptors (Lipinski definition) is 2. The fourth-order valence-corrected chi connectivity index (χ4v) is 3.37. The predicted molar refractivity (Wildman–Crippen MR) is 82.2 cm³/mol. The summed E-state index contributed by atoms with van der Waals surface area (Å²) in [5.74, 6) is -39.6. The number of hydrogen-bond donors (Lipinski definition) is 1. The van der Waals surface area contributed by atoms with Crippen molar-refractivity contribution in [3.63, 3.8) is 0 Å². The summed E-state index contributed by atoms with van der Waals surface area (Å²) in [7, 11) is 2.05. The van der Waals surface area contributed by atoms with Gasteiger partial charge in [-0.1, -0.05) is 0 Å². The molecular formula is C14H19F13NO2S+. The molecule has 0 aromatic carbocycles. The first kappa shape index (κ1) is 30.2. The molecule has 3 nitrogen and oxygen atoms in total. The van der Waals surface area contributed by atoms with Crippen LogP contribution in [0.5, 0.6) is 0 Å². The van der Waals surface area contributed by atoms with E-state index in [-0.39, 0.29) is 11.0 Å². The molecule has 0 rings (SSSR count). The van der Waals surface area contributed by atoms with Gasteiger partial charge in [0.1, 0.15) is 12.6 Å². The molecule has 17 heteroatoms. The highest BCUT2D eigenvalue weighted by atomic mass is 32.2. The summed E-state index contributed by atoms with van der Waals surface area (Å²) in [6.45, 7) is -0.116. The number of rotatable bonds is 11. The van der Waals surface area contributed by atoms with Crippen LogP contribution >= 0.6 is 0 Å². The second-order valence-corrected chi connectivity index (χ2v) is 9.31. The number of nitrogens with zero attached hydrogens (tertiary/aromatic N) is 1. The van der Waals surface area contributed by atoms with Crippen molar-refractivity contribution < 1.29 is 70.9 Å². The standard InChI is InChI=1S/C14H19F13NO2S/c1-28(2,3)6-8(29)7-31(30)5-4-9(15,16)10(17,18)11(19,20)12(21,22)13(23,24)14(25,26)27/h8,29H,4-7H2,1-3H3/q+1. The number of quaternary nitrogens is 1. The van der Waals surface area contributed by atoms with Gasteiger partial charge in [0, 0.05) is 23.0 Å². The third-order valence-corrected chi connectivity index (χ3v) is 5.19. The van der Waals surface area contributed by atoms with E-state index in [1.807, 2.05) is 0 Å². The van der Waals surface area contributed by atoms with Crippen molar-refractivity contribution in [3.05, 3.63) is 0 Å². The zero-order valence-corrected chi connectivity index (χ0v) is 16.8. The molecule has 0 aliphatic heterocycles. The molecule has 0 radical (unpaired) electrons. The Labute approximate surface area is 170 Å². The van der Waals surface area contributed by atoms with Crippen LogP contribution in [0.2, 0.25) is 0 Å². The molecule has 0 spiro atoms. The average Bonchev–Trinajstić information content (AvgIpc) is 2.49. The Balaban J connectivity index is 5.62. The van der Waals surface area contributed by atoms with Gasteiger partial charge in [0.25, 0.3) is 0 Å². The van der Waals surface area contributed by atoms with Crippen LogP contribution < -0.4 is 0 Å². The highest BCUT2D eigenvalue weighted by Gasteiger charge is 2.90. The molecule has 2 unspecified atom stereocenters. The van der Waals surface area contributed by atoms with Crippen LogP contribution in [-0.4, -0.2) is 94.9 Å². The topological polar surface area (TPSA) is 37.3 Å². The average molecular weight is 512 g/mol. The molecule has 0 fully saturated rings. The van der Waals surface area contributed by atoms with Crippen LogP contribution in [0, 0.1) is 0 Å². The van der Waals surface area contributed by atoms with Gasteiger partial charge < -0.3 is 9.59 Å². The fraction of sp³-hybridized carbons (Fsp3) is 1.00. The zero-order valence-electron chi connectivity index (χ0n) is 16.0. The van der Waals surface area contributed by atoms with Crippen molar-refractivity contribution in [2.24, 2.45) is 0 Å². The van der Waals surface area contributed by atoms with Crippen LogP contribution in [0.25, 0.3) is 0 Å². The Bertz CT molecular complexity index is 643. The SMILES string of the molecule is C[N+](C)(C)CC(O)CS(=O)CCC(F)(F)C(F)(F)C(F)(F)C(F)(F)C(F)(F)C(F)(F)F. The lowest BCUT2D eigenvalue weighted by Crippen LogP contribution is -2.70. The molecule has 0 heterocycles. The lowest BCUT2D eigenvalue weighted by molar-refractivity contribution is -0.873. The van der Waals surface area contributed by atoms with Crippen LogP contribution in [0.15, 0.2) is 0 Å². The normalized spacial score (nSPS) is 17.6. The van der Waals surface area contributed by atoms with Crippen molar-refractivity contribution in [2.45, 2.75) is 48.3 Å². The van der Waals surface area contributed by atoms with Gasteiger partial charge in [-0.15, -0.1) is 0 Å². The summed E-state index contributed by atoms with van der Waals surface area (Å²) in [4.78, 5) is 0. The molecule has 1 N–H and O–H groups in total. The molecule has 0 aromatic rings. The van der Waals surface area contributed by atoms with Gasteiger partial charge in [0.15, 0.2) is 0 Å². The third-order valence-electron chi connectivity index (χ3n) is 3.78. The van der Waals surface area contributed by atoms with Gasteiger partial charge in [0.05, 0.1) is 26.9 Å². The highest BCUT2D eigenvalue weighted by Crippen LogP contribution is 2.60. The van der Waals surface area contributed by atoms with Crippen LogP contribution in [0.4, 0.5) is 57.1 Å². The fourth-order valence-electron chi connectivity index (χ4n) is 2.18. The van der Waals surface area contributed by atoms with Crippen LogP contribution in [0.3, 0.4) is 0 Å². The largest absolute Gasteiger partial charge is 0.460 e. The summed E-state index contributed by atoms with van der Waals surface area (Å²) in [5, 5.41) is 9.59. The van der Waals surface area contributed by atoms with E-state index >= 15 is 0 Å². The Morgan fingerprint density at radius 1 is 0.742 bits per heavy atom. The third kappa shape index (κ3) is 6.15. The first-order chi connectivity index (χ1) is 13.2. The minimum absolute atomic E-state index is 0.0708. The van der Waals surface area contributed by atoms with E-state index in [2.05, 4.69) is 0 Å². The first-order valence-corrected chi connectivity index (χ1v) is 9.52. The van der Waals surface area contributed by atoms with Gasteiger partial charge >= 0.3 is 35.8 Å². The predicted octanol–water partition coefficient (Wildman–Crippen LogP) is 3.93. The van der Waals surface area contributed by atoms with Gasteiger partial charge in [-0.25, -0.2) is 0 Å². The molecule has 0 amide bonds. The number of aliphatic hydroxyl groups excluding tert-OH is 1. The summed E-state index contributed by atoms with van der Waals surface area (Å²) in [6.07, 6.45) is -11.4. The van der Waals surface area contributed by atoms with E-state index in [0.717, 1.165) is 0 Å². The lowest BCUT2D eigenvalue weighted by atomic mass is 9.93. The quantitative estimate of drug-likeness (QED) is 0.337. The van der Waals surface area contributed by atoms with Crippen LogP contribution in [0.1, 0.15) is 6.42 Å². The molecule has 0 bridgehead atoms. The van der Waals surface area contributed by atoms with E-state index in [4.69, 9.17) is 0 Å². The van der Waals surface area contributed by atoms with Crippen molar-refractivity contribution in [1.29, 1.82) is 0 Å². The second-order valence-electron chi connectivity index (χ2n) is 7.69. The molecule has 31 heavy (non-hydrogen) atoms. The van der Waals surface area contributed by atoms with Crippen molar-refractivity contribution in [1.82, 2.24) is 0 Å². The molecule has 0 aromatic heterocycles. The Morgan fingerprint density at radius 2 is 1.13 bits per heavy atom. The first-order valence-electron chi connectivity index (χ1n) is 8.04. The van der Waals surface area contributed by atoms with Crippen molar-refractivity contribution in [3.8, 4) is 0 Å². The second kappa shape index (κ2) is 8.83. The Kier molecular flexibility index (Phi) is 8.60. The summed E-state index contributed by atoms with van der Waals surface area (Å²) >= 11 is 0. The number of aliphatic hydroxyl groups is 1. The van der Waals surface area contributed by atoms with E-state index in [1.165, 1.54) is 0 Å². The smallest absolute Gasteiger partial charge is 0.386 e. The van der Waals surface area contributed by atoms with Gasteiger partial charge in [0.2, 0.25) is 0 Å². The summed E-state index contributed by atoms with van der Waals surface area (Å²) in [6, 6.07) is 0. The summed E-state index contributed by atoms with van der Waals surface area (Å²) < 4.78 is 180. The number of likely N-dealkylation sites (N-methyl/N-ethyl adjacent to an activating group) is 1. The van der Waals surface area contributed by atoms with E-state index in [0.29, 0.717) is 0 Å². The molecule has 0 aliphatic rings. The zero-order chi connectivity index (χ0) is 25.5. The Hall–Kier alpha value is -0.840. The van der Waals surface area contributed by atoms with E-state index in [9.17, 15) is 66.4 Å². The molecule has 0 saturated heterocycles. The lowest BCUT2D eigenvalue weighted by Gasteiger charge is -2.39. The van der Waals surface area contributed by atoms with E-state index < -0.39 is 70.6 Å². The van der Waals surface area contributed by atoms with Crippen molar-refractivity contribution >= 4 is 10.8 Å². The highest BCUT2D eigenvalue weighted by molar-refractivity contribution is 7.85. The number of halogens is 13. The maximum absolute atomic E-state index is 13.6. The van der Waals surface area contributed by atoms with Crippen molar-refractivity contribution in [2.75, 3.05) is 39.2 Å². The minimum Gasteiger partial charge on any atom is -0.386 e. The van der Waals surface area contributed by atoms with Crippen LogP contribution in [-0.2, 0) is 10.8 Å². The molecular weight excluding hydrogens is 493 g/mol.